The Hall–Kier alpha value is -6.55. The predicted octanol–water partition coefficient (Wildman–Crippen LogP) is 1.61. The van der Waals surface area contributed by atoms with Crippen LogP contribution in [0.3, 0.4) is 0 Å². The van der Waals surface area contributed by atoms with Gasteiger partial charge in [0, 0.05) is 55.7 Å². The van der Waals surface area contributed by atoms with Crippen LogP contribution in [0.2, 0.25) is 0 Å². The molecule has 0 aliphatic carbocycles. The number of pyridine rings is 1. The van der Waals surface area contributed by atoms with Crippen molar-refractivity contribution in [2.75, 3.05) is 86.7 Å². The lowest BCUT2D eigenvalue weighted by atomic mass is 9.99. The van der Waals surface area contributed by atoms with Crippen molar-refractivity contribution in [1.29, 1.82) is 0 Å². The largest absolute Gasteiger partial charge is 0.396 e. The Morgan fingerprint density at radius 1 is 0.970 bits per heavy atom. The Morgan fingerprint density at radius 2 is 1.76 bits per heavy atom. The number of benzene rings is 1. The molecule has 4 aromatic rings. The number of ether oxygens (including phenoxy) is 3. The van der Waals surface area contributed by atoms with Crippen LogP contribution in [0, 0.1) is 0 Å². The number of aliphatic hydroxyl groups is 1. The summed E-state index contributed by atoms with van der Waals surface area (Å²) in [5, 5.41) is 22.3. The fraction of sp³-hybridized carbons (Fsp3) is 0.489. The van der Waals surface area contributed by atoms with Crippen molar-refractivity contribution in [3.05, 3.63) is 71.0 Å². The molecule has 3 aliphatic rings. The average molecular weight is 912 g/mol. The van der Waals surface area contributed by atoms with Crippen molar-refractivity contribution in [3.8, 4) is 0 Å². The number of aryl methyl sites for hydroxylation is 1. The molecule has 66 heavy (non-hydrogen) atoms. The van der Waals surface area contributed by atoms with Gasteiger partial charge in [-0.3, -0.25) is 43.9 Å². The molecule has 3 aliphatic heterocycles. The van der Waals surface area contributed by atoms with Gasteiger partial charge < -0.3 is 40.6 Å². The monoisotopic (exact) mass is 911 g/mol. The Balaban J connectivity index is 0.826. The zero-order chi connectivity index (χ0) is 46.6. The van der Waals surface area contributed by atoms with E-state index < -0.39 is 29.7 Å². The van der Waals surface area contributed by atoms with E-state index in [2.05, 4.69) is 30.9 Å². The molecule has 2 fully saturated rings. The molecule has 0 saturated carbocycles. The Kier molecular flexibility index (Phi) is 16.2. The topological polar surface area (TPSA) is 265 Å². The maximum absolute atomic E-state index is 14.1. The molecule has 6 N–H and O–H groups in total. The third-order valence-corrected chi connectivity index (χ3v) is 11.7. The van der Waals surface area contributed by atoms with Gasteiger partial charge in [0.05, 0.1) is 76.5 Å². The zero-order valence-electron chi connectivity index (χ0n) is 37.0. The van der Waals surface area contributed by atoms with Crippen LogP contribution < -0.4 is 31.5 Å². The number of nitrogens with one attached hydrogen (secondary N) is 3. The number of anilines is 4. The minimum Gasteiger partial charge on any atom is -0.396 e. The molecule has 6 heterocycles. The maximum atomic E-state index is 14.1. The molecule has 352 valence electrons. The predicted molar refractivity (Wildman–Crippen MR) is 241 cm³/mol. The van der Waals surface area contributed by atoms with Gasteiger partial charge in [-0.2, -0.15) is 9.61 Å². The molecule has 21 heteroatoms. The van der Waals surface area contributed by atoms with Gasteiger partial charge in [-0.15, -0.1) is 0 Å². The number of amides is 6. The summed E-state index contributed by atoms with van der Waals surface area (Å²) < 4.78 is 18.7. The van der Waals surface area contributed by atoms with Gasteiger partial charge in [0.15, 0.2) is 5.65 Å². The third kappa shape index (κ3) is 11.3. The van der Waals surface area contributed by atoms with E-state index in [4.69, 9.17) is 24.9 Å². The molecule has 2 atom stereocenters. The fourth-order valence-corrected chi connectivity index (χ4v) is 8.33. The van der Waals surface area contributed by atoms with E-state index in [0.29, 0.717) is 30.1 Å². The number of hydrogen-bond donors (Lipinski definition) is 5. The Bertz CT molecular complexity index is 2390. The van der Waals surface area contributed by atoms with Crippen LogP contribution in [0.15, 0.2) is 48.8 Å². The molecular weight excluding hydrogens is 855 g/mol. The first kappa shape index (κ1) is 47.4. The average Bonchev–Trinajstić information content (AvgIpc) is 3.85. The Labute approximate surface area is 381 Å². The highest BCUT2D eigenvalue weighted by Gasteiger charge is 2.45. The first-order valence-electron chi connectivity index (χ1n) is 22.4. The summed E-state index contributed by atoms with van der Waals surface area (Å²) in [5.74, 6) is -1.34. The molecule has 2 unspecified atom stereocenters. The maximum Gasteiger partial charge on any atom is 0.264 e. The molecule has 21 nitrogen and oxygen atoms in total. The summed E-state index contributed by atoms with van der Waals surface area (Å²) in [4.78, 5) is 91.1. The Morgan fingerprint density at radius 3 is 2.50 bits per heavy atom. The number of carbonyl (C=O) groups is 6. The van der Waals surface area contributed by atoms with Crippen LogP contribution in [0.5, 0.6) is 0 Å². The highest BCUT2D eigenvalue weighted by molar-refractivity contribution is 6.25. The summed E-state index contributed by atoms with van der Waals surface area (Å²) in [5.41, 5.74) is 8.74. The number of aromatic nitrogens is 4. The van der Waals surface area contributed by atoms with Crippen molar-refractivity contribution in [2.24, 2.45) is 0 Å². The van der Waals surface area contributed by atoms with Gasteiger partial charge in [-0.1, -0.05) is 19.1 Å². The number of fused-ring (bicyclic) bond motifs is 2. The summed E-state index contributed by atoms with van der Waals surface area (Å²) in [6.45, 7) is 4.60. The SMILES string of the molecule is CCc1cnn2c(N(Cc3ccc(N)nc3)C(=O)CCOCCOCCOCCNC(=O)CNc3cccc4c3C(=O)N(C3CCC(=O)NC3=O)C4=O)cc(N3CCCCC3CCO)nc12. The minimum atomic E-state index is -1.09. The summed E-state index contributed by atoms with van der Waals surface area (Å²) in [6.07, 6.45) is 7.94. The molecule has 6 amide bonds. The normalized spacial score (nSPS) is 17.3. The second-order valence-electron chi connectivity index (χ2n) is 16.1. The summed E-state index contributed by atoms with van der Waals surface area (Å²) in [7, 11) is 0. The first-order chi connectivity index (χ1) is 32.1. The van der Waals surface area contributed by atoms with E-state index in [0.717, 1.165) is 47.7 Å². The third-order valence-electron chi connectivity index (χ3n) is 11.7. The van der Waals surface area contributed by atoms with Crippen LogP contribution in [0.1, 0.15) is 83.7 Å². The van der Waals surface area contributed by atoms with Gasteiger partial charge in [0.1, 0.15) is 23.5 Å². The molecule has 2 saturated heterocycles. The van der Waals surface area contributed by atoms with Crippen LogP contribution in [0.25, 0.3) is 5.65 Å². The van der Waals surface area contributed by atoms with Gasteiger partial charge in [0.25, 0.3) is 11.8 Å². The second kappa shape index (κ2) is 22.6. The number of imide groups is 2. The molecule has 0 bridgehead atoms. The highest BCUT2D eigenvalue weighted by Crippen LogP contribution is 2.33. The lowest BCUT2D eigenvalue weighted by molar-refractivity contribution is -0.136. The standard InChI is InChI=1S/C45H57N11O10/c1-2-30-26-50-56-39(24-36(51-42(30)56)53-16-4-3-6-31(53)13-17-57)54(28-29-9-11-35(46)49-25-29)40(60)14-18-64-20-22-66-23-21-65-19-15-47-38(59)27-48-33-8-5-7-32-41(33)45(63)55(44(32)62)34-10-12-37(58)52-43(34)61/h5,7-9,11,24-26,31,34,48,57H,2-4,6,10,12-23,27-28H2,1H3,(H2,46,49)(H,47,59)(H,52,58,61). The van der Waals surface area contributed by atoms with Crippen LogP contribution in [0.4, 0.5) is 23.1 Å². The van der Waals surface area contributed by atoms with Crippen LogP contribution >= 0.6 is 0 Å². The number of rotatable bonds is 23. The minimum absolute atomic E-state index is 0.0122. The van der Waals surface area contributed by atoms with Gasteiger partial charge in [-0.05, 0) is 62.3 Å². The molecule has 3 aromatic heterocycles. The smallest absolute Gasteiger partial charge is 0.264 e. The second-order valence-corrected chi connectivity index (χ2v) is 16.1. The van der Waals surface area contributed by atoms with Crippen molar-refractivity contribution in [1.82, 2.24) is 35.1 Å². The summed E-state index contributed by atoms with van der Waals surface area (Å²) in [6, 6.07) is 9.11. The van der Waals surface area contributed by atoms with E-state index >= 15 is 0 Å². The zero-order valence-corrected chi connectivity index (χ0v) is 37.0. The number of nitrogens with zero attached hydrogens (tertiary/aromatic N) is 7. The quantitative estimate of drug-likeness (QED) is 0.0523. The van der Waals surface area contributed by atoms with E-state index in [-0.39, 0.29) is 120 Å². The van der Waals surface area contributed by atoms with Gasteiger partial charge in [0.2, 0.25) is 23.6 Å². The van der Waals surface area contributed by atoms with Crippen LogP contribution in [-0.4, -0.2) is 143 Å². The molecule has 0 radical (unpaired) electrons. The van der Waals surface area contributed by atoms with Crippen molar-refractivity contribution in [2.45, 2.75) is 76.9 Å². The number of aliphatic hydroxyl groups excluding tert-OH is 1. The van der Waals surface area contributed by atoms with Crippen molar-refractivity contribution in [3.63, 3.8) is 0 Å². The first-order valence-corrected chi connectivity index (χ1v) is 22.4. The number of hydrogen-bond acceptors (Lipinski definition) is 16. The number of piperidine rings is 2. The fourth-order valence-electron chi connectivity index (χ4n) is 8.33. The van der Waals surface area contributed by atoms with Gasteiger partial charge in [-0.25, -0.2) is 9.97 Å². The van der Waals surface area contributed by atoms with Crippen LogP contribution in [-0.2, 0) is 46.4 Å². The number of carbonyl (C=O) groups excluding carboxylic acids is 6. The molecule has 1 aromatic carbocycles. The lowest BCUT2D eigenvalue weighted by Crippen LogP contribution is -2.54. The van der Waals surface area contributed by atoms with E-state index in [1.54, 1.807) is 40.0 Å². The molecular formula is C45H57N11O10. The highest BCUT2D eigenvalue weighted by atomic mass is 16.5. The van der Waals surface area contributed by atoms with E-state index in [1.165, 1.54) is 6.07 Å². The molecule has 0 spiro atoms. The number of nitrogen functional groups attached to an aromatic ring is 1. The van der Waals surface area contributed by atoms with E-state index in [1.807, 2.05) is 19.1 Å². The lowest BCUT2D eigenvalue weighted by Gasteiger charge is -2.37. The molecule has 7 rings (SSSR count). The van der Waals surface area contributed by atoms with E-state index in [9.17, 15) is 33.9 Å². The van der Waals surface area contributed by atoms with Crippen molar-refractivity contribution >= 4 is 64.2 Å². The number of nitrogens with two attached hydrogens (primary N) is 1. The summed E-state index contributed by atoms with van der Waals surface area (Å²) >= 11 is 0. The van der Waals surface area contributed by atoms with Gasteiger partial charge >= 0.3 is 0 Å². The van der Waals surface area contributed by atoms with Crippen molar-refractivity contribution < 1.29 is 48.1 Å².